The predicted molar refractivity (Wildman–Crippen MR) is 111 cm³/mol. The van der Waals surface area contributed by atoms with Crippen molar-refractivity contribution in [3.8, 4) is 0 Å². The lowest BCUT2D eigenvalue weighted by Crippen LogP contribution is -2.40. The number of carbonyl (C=O) groups is 2. The molecule has 2 fully saturated rings. The number of carboxylic acids is 1. The van der Waals surface area contributed by atoms with Crippen molar-refractivity contribution in [1.82, 2.24) is 5.32 Å². The molecule has 1 atom stereocenters. The van der Waals surface area contributed by atoms with Crippen LogP contribution in [0.4, 0.5) is 16.2 Å². The number of carboxylic acid groups (broad SMARTS) is 1. The zero-order valence-electron chi connectivity index (χ0n) is 17.4. The molecule has 8 heteroatoms. The first-order chi connectivity index (χ1) is 13.7. The first-order valence-electron chi connectivity index (χ1n) is 10.2. The quantitative estimate of drug-likeness (QED) is 0.692. The van der Waals surface area contributed by atoms with E-state index in [1.807, 2.05) is 32.9 Å². The summed E-state index contributed by atoms with van der Waals surface area (Å²) in [4.78, 5) is 25.8. The van der Waals surface area contributed by atoms with E-state index in [0.717, 1.165) is 31.5 Å². The number of anilines is 2. The summed E-state index contributed by atoms with van der Waals surface area (Å²) < 4.78 is 10.7. The number of hydrogen-bond donors (Lipinski definition) is 3. The molecule has 0 aliphatic carbocycles. The van der Waals surface area contributed by atoms with Gasteiger partial charge in [-0.15, -0.1) is 0 Å². The summed E-state index contributed by atoms with van der Waals surface area (Å²) in [6.45, 7) is 8.32. The van der Waals surface area contributed by atoms with Crippen LogP contribution in [0.25, 0.3) is 0 Å². The summed E-state index contributed by atoms with van der Waals surface area (Å²) in [7, 11) is 0. The number of aromatic carboxylic acids is 1. The number of rotatable bonds is 5. The number of carbonyl (C=O) groups excluding carboxylic acids is 1. The van der Waals surface area contributed by atoms with Gasteiger partial charge in [0.15, 0.2) is 0 Å². The summed E-state index contributed by atoms with van der Waals surface area (Å²) >= 11 is 0. The number of benzene rings is 1. The Hall–Kier alpha value is -2.48. The van der Waals surface area contributed by atoms with Crippen molar-refractivity contribution in [2.45, 2.75) is 57.7 Å². The van der Waals surface area contributed by atoms with E-state index in [4.69, 9.17) is 9.47 Å². The maximum atomic E-state index is 12.0. The van der Waals surface area contributed by atoms with Gasteiger partial charge in [0, 0.05) is 38.0 Å². The van der Waals surface area contributed by atoms with E-state index in [2.05, 4.69) is 15.5 Å². The summed E-state index contributed by atoms with van der Waals surface area (Å²) in [5, 5.41) is 15.9. The molecule has 3 rings (SSSR count). The van der Waals surface area contributed by atoms with Crippen molar-refractivity contribution in [3.05, 3.63) is 23.8 Å². The average Bonchev–Trinajstić information content (AvgIpc) is 3.09. The molecule has 29 heavy (non-hydrogen) atoms. The van der Waals surface area contributed by atoms with Gasteiger partial charge in [-0.05, 0) is 58.2 Å². The second kappa shape index (κ2) is 8.90. The highest BCUT2D eigenvalue weighted by Crippen LogP contribution is 2.28. The normalized spacial score (nSPS) is 20.4. The Labute approximate surface area is 171 Å². The fourth-order valence-corrected chi connectivity index (χ4v) is 3.68. The van der Waals surface area contributed by atoms with Gasteiger partial charge in [0.1, 0.15) is 5.60 Å². The molecule has 0 spiro atoms. The Bertz CT molecular complexity index is 740. The summed E-state index contributed by atoms with van der Waals surface area (Å²) in [5.74, 6) is -0.947. The number of amides is 1. The van der Waals surface area contributed by atoms with Crippen molar-refractivity contribution in [2.24, 2.45) is 0 Å². The zero-order chi connectivity index (χ0) is 21.0. The van der Waals surface area contributed by atoms with Crippen LogP contribution in [0.2, 0.25) is 0 Å². The lowest BCUT2D eigenvalue weighted by Gasteiger charge is -2.26. The first-order valence-corrected chi connectivity index (χ1v) is 10.2. The molecule has 8 nitrogen and oxygen atoms in total. The van der Waals surface area contributed by atoms with Gasteiger partial charge in [-0.3, -0.25) is 0 Å². The molecule has 1 unspecified atom stereocenters. The van der Waals surface area contributed by atoms with E-state index >= 15 is 0 Å². The highest BCUT2D eigenvalue weighted by atomic mass is 16.6. The molecule has 0 radical (unpaired) electrons. The highest BCUT2D eigenvalue weighted by Gasteiger charge is 2.27. The lowest BCUT2D eigenvalue weighted by atomic mass is 10.1. The van der Waals surface area contributed by atoms with Crippen LogP contribution in [0.5, 0.6) is 0 Å². The van der Waals surface area contributed by atoms with Gasteiger partial charge in [-0.25, -0.2) is 9.59 Å². The molecular weight excluding hydrogens is 374 g/mol. The maximum Gasteiger partial charge on any atom is 0.407 e. The molecule has 0 aromatic heterocycles. The number of nitrogens with one attached hydrogen (secondary N) is 2. The van der Waals surface area contributed by atoms with Crippen LogP contribution in [0.3, 0.4) is 0 Å². The number of hydrogen-bond acceptors (Lipinski definition) is 6. The minimum Gasteiger partial charge on any atom is -0.478 e. The molecule has 2 heterocycles. The summed E-state index contributed by atoms with van der Waals surface area (Å²) in [5.41, 5.74) is 1.31. The highest BCUT2D eigenvalue weighted by molar-refractivity contribution is 5.95. The zero-order valence-corrected chi connectivity index (χ0v) is 17.4. The monoisotopic (exact) mass is 405 g/mol. The third-order valence-corrected chi connectivity index (χ3v) is 5.09. The topological polar surface area (TPSA) is 100 Å². The minimum absolute atomic E-state index is 0.00379. The molecule has 3 N–H and O–H groups in total. The Kier molecular flexibility index (Phi) is 6.52. The Morgan fingerprint density at radius 3 is 2.55 bits per heavy atom. The van der Waals surface area contributed by atoms with Crippen LogP contribution in [-0.4, -0.2) is 61.2 Å². The summed E-state index contributed by atoms with van der Waals surface area (Å²) in [6.07, 6.45) is 2.11. The molecule has 1 aromatic carbocycles. The standard InChI is InChI=1S/C21H31N3O5/c1-21(2,3)29-20(27)23-15-6-9-24(13-15)16-4-5-17(19(25)26)18(12-16)22-14-7-10-28-11-8-14/h4-5,12,14-15,22H,6-11,13H2,1-3H3,(H,23,27)(H,25,26). The van der Waals surface area contributed by atoms with E-state index in [1.165, 1.54) is 0 Å². The molecule has 0 saturated carbocycles. The van der Waals surface area contributed by atoms with Gasteiger partial charge < -0.3 is 30.1 Å². The van der Waals surface area contributed by atoms with Crippen molar-refractivity contribution in [2.75, 3.05) is 36.5 Å². The van der Waals surface area contributed by atoms with Gasteiger partial charge >= 0.3 is 12.1 Å². The van der Waals surface area contributed by atoms with E-state index in [1.54, 1.807) is 6.07 Å². The fourth-order valence-electron chi connectivity index (χ4n) is 3.68. The molecular formula is C21H31N3O5. The number of nitrogens with zero attached hydrogens (tertiary/aromatic N) is 1. The van der Waals surface area contributed by atoms with Crippen molar-refractivity contribution < 1.29 is 24.2 Å². The van der Waals surface area contributed by atoms with Gasteiger partial charge in [-0.1, -0.05) is 0 Å². The van der Waals surface area contributed by atoms with Crippen LogP contribution in [-0.2, 0) is 9.47 Å². The molecule has 1 aromatic rings. The van der Waals surface area contributed by atoms with Gasteiger partial charge in [-0.2, -0.15) is 0 Å². The van der Waals surface area contributed by atoms with Gasteiger partial charge in [0.05, 0.1) is 17.3 Å². The van der Waals surface area contributed by atoms with Gasteiger partial charge in [0.25, 0.3) is 0 Å². The number of alkyl carbamates (subject to hydrolysis) is 1. The van der Waals surface area contributed by atoms with Crippen LogP contribution >= 0.6 is 0 Å². The van der Waals surface area contributed by atoms with Crippen LogP contribution < -0.4 is 15.5 Å². The second-order valence-corrected chi connectivity index (χ2v) is 8.64. The summed E-state index contributed by atoms with van der Waals surface area (Å²) in [6, 6.07) is 5.57. The Balaban J connectivity index is 1.66. The molecule has 2 saturated heterocycles. The van der Waals surface area contributed by atoms with Crippen LogP contribution in [0.15, 0.2) is 18.2 Å². The largest absolute Gasteiger partial charge is 0.478 e. The SMILES string of the molecule is CC(C)(C)OC(=O)NC1CCN(c2ccc(C(=O)O)c(NC3CCOCC3)c2)C1. The molecule has 2 aliphatic heterocycles. The smallest absolute Gasteiger partial charge is 0.407 e. The molecule has 160 valence electrons. The fraction of sp³-hybridized carbons (Fsp3) is 0.619. The first kappa shape index (κ1) is 21.2. The average molecular weight is 405 g/mol. The third kappa shape index (κ3) is 6.00. The van der Waals surface area contributed by atoms with Crippen LogP contribution in [0, 0.1) is 0 Å². The van der Waals surface area contributed by atoms with Crippen molar-refractivity contribution >= 4 is 23.4 Å². The third-order valence-electron chi connectivity index (χ3n) is 5.09. The number of ether oxygens (including phenoxy) is 2. The van der Waals surface area contributed by atoms with Crippen LogP contribution in [0.1, 0.15) is 50.4 Å². The van der Waals surface area contributed by atoms with E-state index in [0.29, 0.717) is 25.4 Å². The molecule has 2 aliphatic rings. The van der Waals surface area contributed by atoms with Crippen molar-refractivity contribution in [3.63, 3.8) is 0 Å². The van der Waals surface area contributed by atoms with Gasteiger partial charge in [0.2, 0.25) is 0 Å². The Morgan fingerprint density at radius 2 is 1.90 bits per heavy atom. The second-order valence-electron chi connectivity index (χ2n) is 8.64. The molecule has 0 bridgehead atoms. The Morgan fingerprint density at radius 1 is 1.17 bits per heavy atom. The maximum absolute atomic E-state index is 12.0. The van der Waals surface area contributed by atoms with E-state index < -0.39 is 17.7 Å². The van der Waals surface area contributed by atoms with E-state index in [-0.39, 0.29) is 17.6 Å². The lowest BCUT2D eigenvalue weighted by molar-refractivity contribution is 0.0508. The molecule has 1 amide bonds. The van der Waals surface area contributed by atoms with Crippen molar-refractivity contribution in [1.29, 1.82) is 0 Å². The minimum atomic E-state index is -0.947. The predicted octanol–water partition coefficient (Wildman–Crippen LogP) is 3.08. The van der Waals surface area contributed by atoms with E-state index in [9.17, 15) is 14.7 Å².